The van der Waals surface area contributed by atoms with Gasteiger partial charge in [0.25, 0.3) is 5.56 Å². The fraction of sp³-hybridized carbons (Fsp3) is 0.565. The second-order valence-electron chi connectivity index (χ2n) is 8.25. The molecule has 0 bridgehead atoms. The zero-order chi connectivity index (χ0) is 22.5. The summed E-state index contributed by atoms with van der Waals surface area (Å²) >= 11 is 5.71. The molecule has 3 heterocycles. The van der Waals surface area contributed by atoms with Gasteiger partial charge in [-0.3, -0.25) is 4.79 Å². The molecule has 9 heteroatoms. The molecule has 2 fully saturated rings. The summed E-state index contributed by atoms with van der Waals surface area (Å²) in [6, 6.07) is 5.53. The van der Waals surface area contributed by atoms with Crippen molar-refractivity contribution in [2.75, 3.05) is 40.5 Å². The number of thiocarbonyl (C=S) groups is 1. The van der Waals surface area contributed by atoms with Gasteiger partial charge < -0.3 is 34.1 Å². The third-order valence-electron chi connectivity index (χ3n) is 6.03. The van der Waals surface area contributed by atoms with Crippen molar-refractivity contribution in [3.63, 3.8) is 0 Å². The van der Waals surface area contributed by atoms with Crippen LogP contribution in [-0.4, -0.2) is 67.7 Å². The Morgan fingerprint density at radius 3 is 2.47 bits per heavy atom. The molecule has 0 spiro atoms. The topological polar surface area (TPSA) is 85.1 Å². The van der Waals surface area contributed by atoms with Crippen LogP contribution in [0, 0.1) is 0 Å². The van der Waals surface area contributed by atoms with Crippen LogP contribution in [0.25, 0.3) is 10.9 Å². The average molecular weight is 462 g/mol. The maximum atomic E-state index is 12.9. The highest BCUT2D eigenvalue weighted by Gasteiger charge is 2.23. The molecule has 0 amide bonds. The Kier molecular flexibility index (Phi) is 7.49. The number of ether oxygens (including phenoxy) is 4. The first-order valence-corrected chi connectivity index (χ1v) is 11.5. The highest BCUT2D eigenvalue weighted by Crippen LogP contribution is 2.31. The first-order valence-electron chi connectivity index (χ1n) is 11.1. The summed E-state index contributed by atoms with van der Waals surface area (Å²) in [4.78, 5) is 17.9. The van der Waals surface area contributed by atoms with Crippen LogP contribution < -0.4 is 20.3 Å². The molecule has 2 N–H and O–H groups in total. The number of aromatic nitrogens is 1. The van der Waals surface area contributed by atoms with E-state index in [0.717, 1.165) is 44.3 Å². The number of fused-ring (bicyclic) bond motifs is 1. The fourth-order valence-corrected chi connectivity index (χ4v) is 4.50. The van der Waals surface area contributed by atoms with Crippen LogP contribution in [-0.2, 0) is 16.0 Å². The molecular formula is C23H31N3O5S. The molecule has 8 nitrogen and oxygen atoms in total. The van der Waals surface area contributed by atoms with Crippen molar-refractivity contribution in [2.45, 2.75) is 44.4 Å². The maximum Gasteiger partial charge on any atom is 0.253 e. The minimum Gasteiger partial charge on any atom is -0.493 e. The highest BCUT2D eigenvalue weighted by atomic mass is 32.1. The van der Waals surface area contributed by atoms with Crippen LogP contribution in [0.3, 0.4) is 0 Å². The summed E-state index contributed by atoms with van der Waals surface area (Å²) in [6.07, 6.45) is 4.46. The lowest BCUT2D eigenvalue weighted by Gasteiger charge is -2.28. The Hall–Kier alpha value is -2.36. The lowest BCUT2D eigenvalue weighted by molar-refractivity contribution is 0.0885. The van der Waals surface area contributed by atoms with Gasteiger partial charge in [0.15, 0.2) is 16.6 Å². The molecule has 0 saturated carbocycles. The number of aromatic amines is 1. The number of pyridine rings is 1. The lowest BCUT2D eigenvalue weighted by Crippen LogP contribution is -2.45. The van der Waals surface area contributed by atoms with E-state index in [1.807, 2.05) is 17.0 Å². The van der Waals surface area contributed by atoms with Gasteiger partial charge >= 0.3 is 0 Å². The third-order valence-corrected chi connectivity index (χ3v) is 6.43. The smallest absolute Gasteiger partial charge is 0.253 e. The monoisotopic (exact) mass is 461 g/mol. The van der Waals surface area contributed by atoms with Crippen LogP contribution in [0.15, 0.2) is 23.0 Å². The van der Waals surface area contributed by atoms with Crippen LogP contribution in [0.5, 0.6) is 11.5 Å². The summed E-state index contributed by atoms with van der Waals surface area (Å²) < 4.78 is 22.3. The average Bonchev–Trinajstić information content (AvgIpc) is 3.51. The molecule has 2 saturated heterocycles. The summed E-state index contributed by atoms with van der Waals surface area (Å²) in [6.45, 7) is 3.27. The van der Waals surface area contributed by atoms with Gasteiger partial charge in [0, 0.05) is 43.3 Å². The Morgan fingerprint density at radius 2 is 1.81 bits per heavy atom. The minimum atomic E-state index is -0.149. The van der Waals surface area contributed by atoms with E-state index in [1.54, 1.807) is 20.3 Å². The van der Waals surface area contributed by atoms with Gasteiger partial charge in [0.05, 0.1) is 38.5 Å². The van der Waals surface area contributed by atoms with E-state index >= 15 is 0 Å². The summed E-state index contributed by atoms with van der Waals surface area (Å²) in [5.41, 5.74) is 1.18. The number of H-pyrrole nitrogens is 1. The van der Waals surface area contributed by atoms with Gasteiger partial charge in [-0.05, 0) is 50.0 Å². The number of hydrogen-bond donors (Lipinski definition) is 2. The molecule has 1 aromatic carbocycles. The van der Waals surface area contributed by atoms with Crippen molar-refractivity contribution in [1.29, 1.82) is 0 Å². The normalized spacial score (nSPS) is 20.4. The third kappa shape index (κ3) is 5.33. The predicted molar refractivity (Wildman–Crippen MR) is 127 cm³/mol. The molecule has 0 unspecified atom stereocenters. The zero-order valence-corrected chi connectivity index (χ0v) is 19.5. The standard InChI is InChI=1S/C23H31N3O5S/c1-28-20-10-15-9-16(22(27)25-19(15)11-21(20)29-2)13-26(14-18-6-4-8-31-18)23(32)24-12-17-5-3-7-30-17/h9-11,17-18H,3-8,12-14H2,1-2H3,(H,24,32)(H,25,27)/t17-,18+/m1/s1. The lowest BCUT2D eigenvalue weighted by atomic mass is 10.1. The predicted octanol–water partition coefficient (Wildman–Crippen LogP) is 2.58. The second kappa shape index (κ2) is 10.5. The van der Waals surface area contributed by atoms with Crippen molar-refractivity contribution in [3.05, 3.63) is 34.1 Å². The number of hydrogen-bond acceptors (Lipinski definition) is 6. The Labute approximate surface area is 193 Å². The fourth-order valence-electron chi connectivity index (χ4n) is 4.27. The summed E-state index contributed by atoms with van der Waals surface area (Å²) in [5, 5.41) is 4.82. The zero-order valence-electron chi connectivity index (χ0n) is 18.6. The Bertz CT molecular complexity index is 999. The number of nitrogens with zero attached hydrogens (tertiary/aromatic N) is 1. The van der Waals surface area contributed by atoms with Crippen LogP contribution >= 0.6 is 12.2 Å². The first kappa shape index (κ1) is 22.8. The summed E-state index contributed by atoms with van der Waals surface area (Å²) in [7, 11) is 3.17. The highest BCUT2D eigenvalue weighted by molar-refractivity contribution is 7.80. The van der Waals surface area contributed by atoms with Crippen LogP contribution in [0.1, 0.15) is 31.2 Å². The van der Waals surface area contributed by atoms with Crippen molar-refractivity contribution < 1.29 is 18.9 Å². The molecule has 32 heavy (non-hydrogen) atoms. The van der Waals surface area contributed by atoms with Crippen molar-refractivity contribution in [3.8, 4) is 11.5 Å². The SMILES string of the molecule is COc1cc2cc(CN(C[C@@H]3CCCO3)C(=S)NC[C@H]3CCCO3)c(=O)[nH]c2cc1OC. The molecule has 2 aliphatic rings. The van der Waals surface area contributed by atoms with E-state index in [9.17, 15) is 4.79 Å². The van der Waals surface area contributed by atoms with E-state index in [4.69, 9.17) is 31.2 Å². The second-order valence-corrected chi connectivity index (χ2v) is 8.64. The molecule has 2 atom stereocenters. The summed E-state index contributed by atoms with van der Waals surface area (Å²) in [5.74, 6) is 1.19. The minimum absolute atomic E-state index is 0.112. The molecular weight excluding hydrogens is 430 g/mol. The van der Waals surface area contributed by atoms with Crippen LogP contribution in [0.2, 0.25) is 0 Å². The Morgan fingerprint density at radius 1 is 1.12 bits per heavy atom. The van der Waals surface area contributed by atoms with Crippen LogP contribution in [0.4, 0.5) is 0 Å². The quantitative estimate of drug-likeness (QED) is 0.581. The molecule has 4 rings (SSSR count). The maximum absolute atomic E-state index is 12.9. The van der Waals surface area contributed by atoms with Gasteiger partial charge in [-0.1, -0.05) is 0 Å². The van der Waals surface area contributed by atoms with Crippen molar-refractivity contribution in [1.82, 2.24) is 15.2 Å². The number of rotatable bonds is 8. The van der Waals surface area contributed by atoms with Gasteiger partial charge in [0.1, 0.15) is 0 Å². The first-order chi connectivity index (χ1) is 15.6. The molecule has 1 aromatic heterocycles. The number of benzene rings is 1. The van der Waals surface area contributed by atoms with E-state index in [2.05, 4.69) is 10.3 Å². The molecule has 0 aliphatic carbocycles. The molecule has 174 valence electrons. The van der Waals surface area contributed by atoms with Crippen molar-refractivity contribution >= 4 is 28.2 Å². The number of methoxy groups -OCH3 is 2. The van der Waals surface area contributed by atoms with E-state index in [0.29, 0.717) is 47.3 Å². The van der Waals surface area contributed by atoms with Gasteiger partial charge in [-0.2, -0.15) is 0 Å². The van der Waals surface area contributed by atoms with Gasteiger partial charge in [0.2, 0.25) is 0 Å². The Balaban J connectivity index is 1.55. The van der Waals surface area contributed by atoms with E-state index < -0.39 is 0 Å². The largest absolute Gasteiger partial charge is 0.493 e. The van der Waals surface area contributed by atoms with E-state index in [1.165, 1.54) is 0 Å². The number of nitrogens with one attached hydrogen (secondary N) is 2. The van der Waals surface area contributed by atoms with Gasteiger partial charge in [-0.25, -0.2) is 0 Å². The molecule has 0 radical (unpaired) electrons. The molecule has 2 aromatic rings. The van der Waals surface area contributed by atoms with Crippen molar-refractivity contribution in [2.24, 2.45) is 0 Å². The van der Waals surface area contributed by atoms with Gasteiger partial charge in [-0.15, -0.1) is 0 Å². The van der Waals surface area contributed by atoms with E-state index in [-0.39, 0.29) is 17.8 Å². The molecule has 2 aliphatic heterocycles.